The predicted octanol–water partition coefficient (Wildman–Crippen LogP) is 3.25. The number of carbonyl (C=O) groups excluding carboxylic acids is 3. The topological polar surface area (TPSA) is 127 Å². The van der Waals surface area contributed by atoms with Gasteiger partial charge in [0.2, 0.25) is 5.91 Å². The molecule has 0 unspecified atom stereocenters. The third-order valence-corrected chi connectivity index (χ3v) is 8.34. The van der Waals surface area contributed by atoms with E-state index in [1.54, 1.807) is 30.5 Å². The molecule has 212 valence electrons. The minimum atomic E-state index is -0.391. The quantitative estimate of drug-likeness (QED) is 0.395. The molecule has 1 saturated heterocycles. The number of thiazole rings is 1. The number of nitrogens with one attached hydrogen (secondary N) is 1. The first-order chi connectivity index (χ1) is 19.9. The zero-order valence-corrected chi connectivity index (χ0v) is 23.5. The van der Waals surface area contributed by atoms with Gasteiger partial charge in [0.25, 0.3) is 11.8 Å². The zero-order valence-electron chi connectivity index (χ0n) is 22.7. The number of nitrogens with zero attached hydrogens (tertiary/aromatic N) is 4. The van der Waals surface area contributed by atoms with E-state index in [0.717, 1.165) is 15.8 Å². The van der Waals surface area contributed by atoms with Gasteiger partial charge in [-0.15, -0.1) is 11.3 Å². The number of oxazole rings is 1. The lowest BCUT2D eigenvalue weighted by Gasteiger charge is -2.24. The summed E-state index contributed by atoms with van der Waals surface area (Å²) < 4.78 is 17.8. The fourth-order valence-electron chi connectivity index (χ4n) is 5.44. The van der Waals surface area contributed by atoms with Gasteiger partial charge < -0.3 is 29.0 Å². The Morgan fingerprint density at radius 2 is 1.98 bits per heavy atom. The first-order valence-corrected chi connectivity index (χ1v) is 14.2. The van der Waals surface area contributed by atoms with E-state index in [1.165, 1.54) is 22.6 Å². The summed E-state index contributed by atoms with van der Waals surface area (Å²) >= 11 is 1.48. The molecule has 6 rings (SSSR count). The van der Waals surface area contributed by atoms with Crippen LogP contribution in [-0.2, 0) is 4.79 Å². The van der Waals surface area contributed by atoms with Crippen LogP contribution in [0.4, 0.5) is 0 Å². The van der Waals surface area contributed by atoms with E-state index in [-0.39, 0.29) is 42.6 Å². The Morgan fingerprint density at radius 1 is 1.10 bits per heavy atom. The Balaban J connectivity index is 1.30. The molecule has 1 N–H and O–H groups in total. The fraction of sp³-hybridized carbons (Fsp3) is 0.345. The van der Waals surface area contributed by atoms with Crippen molar-refractivity contribution in [2.45, 2.75) is 25.3 Å². The molecule has 0 spiro atoms. The van der Waals surface area contributed by atoms with Gasteiger partial charge in [0.05, 0.1) is 42.0 Å². The number of amides is 3. The van der Waals surface area contributed by atoms with E-state index in [4.69, 9.17) is 13.9 Å². The van der Waals surface area contributed by atoms with E-state index < -0.39 is 5.91 Å². The minimum absolute atomic E-state index is 0.119. The van der Waals surface area contributed by atoms with E-state index in [1.807, 2.05) is 30.3 Å². The fourth-order valence-corrected chi connectivity index (χ4v) is 6.15. The average Bonchev–Trinajstić information content (AvgIpc) is 3.72. The molecule has 4 heterocycles. The van der Waals surface area contributed by atoms with Gasteiger partial charge >= 0.3 is 0 Å². The molecule has 2 bridgehead atoms. The molecule has 11 nitrogen and oxygen atoms in total. The van der Waals surface area contributed by atoms with Crippen LogP contribution in [0.15, 0.2) is 52.7 Å². The normalized spacial score (nSPS) is 19.4. The predicted molar refractivity (Wildman–Crippen MR) is 150 cm³/mol. The van der Waals surface area contributed by atoms with Crippen molar-refractivity contribution in [2.75, 3.05) is 39.9 Å². The molecule has 4 aromatic rings. The summed E-state index contributed by atoms with van der Waals surface area (Å²) in [6.07, 6.45) is 1.70. The molecule has 2 atom stereocenters. The van der Waals surface area contributed by atoms with Crippen molar-refractivity contribution in [2.24, 2.45) is 0 Å². The first-order valence-electron chi connectivity index (χ1n) is 13.3. The molecule has 2 aliphatic heterocycles. The van der Waals surface area contributed by atoms with Gasteiger partial charge in [0.15, 0.2) is 23.6 Å². The van der Waals surface area contributed by atoms with Gasteiger partial charge in [-0.2, -0.15) is 0 Å². The largest absolute Gasteiger partial charge is 0.493 e. The summed E-state index contributed by atoms with van der Waals surface area (Å²) in [4.78, 5) is 51.8. The van der Waals surface area contributed by atoms with Crippen molar-refractivity contribution < 1.29 is 28.3 Å². The second kappa shape index (κ2) is 11.2. The maximum absolute atomic E-state index is 13.6. The van der Waals surface area contributed by atoms with Crippen LogP contribution >= 0.6 is 11.3 Å². The monoisotopic (exact) mass is 575 g/mol. The van der Waals surface area contributed by atoms with E-state index in [0.29, 0.717) is 48.9 Å². The van der Waals surface area contributed by atoms with Crippen molar-refractivity contribution in [3.8, 4) is 11.5 Å². The van der Waals surface area contributed by atoms with Crippen molar-refractivity contribution in [1.82, 2.24) is 25.1 Å². The van der Waals surface area contributed by atoms with Crippen molar-refractivity contribution in [1.29, 1.82) is 0 Å². The number of ether oxygens (including phenoxy) is 2. The number of methoxy groups -OCH3 is 1. The van der Waals surface area contributed by atoms with Crippen molar-refractivity contribution >= 4 is 39.3 Å². The number of fused-ring (bicyclic) bond motifs is 5. The highest BCUT2D eigenvalue weighted by Gasteiger charge is 2.38. The number of carbonyl (C=O) groups is 3. The van der Waals surface area contributed by atoms with Crippen LogP contribution < -0.4 is 14.8 Å². The van der Waals surface area contributed by atoms with Gasteiger partial charge in [-0.3, -0.25) is 14.4 Å². The van der Waals surface area contributed by atoms with Gasteiger partial charge in [-0.05, 0) is 49.2 Å². The van der Waals surface area contributed by atoms with Crippen LogP contribution in [0.3, 0.4) is 0 Å². The molecule has 3 amide bonds. The molecule has 0 aliphatic carbocycles. The summed E-state index contributed by atoms with van der Waals surface area (Å²) in [7, 11) is 1.58. The third-order valence-electron chi connectivity index (χ3n) is 7.55. The standard InChI is InChI=1S/C29H29N5O6S/c1-17-27(30-15-40-17)29(37)33-8-3-9-39-24-10-18(5-7-23(24)38-2)20-12-34(13-22(20)32-26(35)14-33)28(36)19-4-6-21-25(11-19)41-16-31-21/h4-7,10-11,15-16,20,22H,3,8-9,12-14H2,1-2H3,(H,32,35)/t20-,22+/m1/s1. The maximum Gasteiger partial charge on any atom is 0.276 e. The lowest BCUT2D eigenvalue weighted by molar-refractivity contribution is -0.122. The number of aromatic nitrogens is 2. The van der Waals surface area contributed by atoms with Gasteiger partial charge in [0.1, 0.15) is 5.76 Å². The van der Waals surface area contributed by atoms with Crippen LogP contribution in [-0.4, -0.2) is 83.4 Å². The second-order valence-corrected chi connectivity index (χ2v) is 11.0. The van der Waals surface area contributed by atoms with Gasteiger partial charge in [0, 0.05) is 31.1 Å². The molecule has 0 radical (unpaired) electrons. The smallest absolute Gasteiger partial charge is 0.276 e. The highest BCUT2D eigenvalue weighted by atomic mass is 32.1. The van der Waals surface area contributed by atoms with Crippen LogP contribution in [0.5, 0.6) is 11.5 Å². The maximum atomic E-state index is 13.6. The highest BCUT2D eigenvalue weighted by Crippen LogP contribution is 2.36. The Labute approximate surface area is 240 Å². The van der Waals surface area contributed by atoms with Crippen LogP contribution in [0.1, 0.15) is 44.5 Å². The second-order valence-electron chi connectivity index (χ2n) is 10.1. The molecule has 41 heavy (non-hydrogen) atoms. The average molecular weight is 576 g/mol. The molecular weight excluding hydrogens is 546 g/mol. The SMILES string of the molecule is COc1ccc2cc1OCCCN(C(=O)c1ncoc1C)CC(=O)N[C@H]1CN(C(=O)c3ccc4ncsc4c3)C[C@H]21. The lowest BCUT2D eigenvalue weighted by atomic mass is 9.94. The highest BCUT2D eigenvalue weighted by molar-refractivity contribution is 7.16. The van der Waals surface area contributed by atoms with Crippen LogP contribution in [0, 0.1) is 6.92 Å². The van der Waals surface area contributed by atoms with Gasteiger partial charge in [-0.25, -0.2) is 9.97 Å². The Hall–Kier alpha value is -4.45. The number of rotatable bonds is 3. The van der Waals surface area contributed by atoms with Crippen molar-refractivity contribution in [3.05, 3.63) is 70.9 Å². The summed E-state index contributed by atoms with van der Waals surface area (Å²) in [5.74, 6) is 0.509. The number of benzene rings is 2. The molecule has 2 aliphatic rings. The Morgan fingerprint density at radius 3 is 2.78 bits per heavy atom. The Bertz CT molecular complexity index is 1620. The van der Waals surface area contributed by atoms with Crippen LogP contribution in [0.2, 0.25) is 0 Å². The van der Waals surface area contributed by atoms with Crippen LogP contribution in [0.25, 0.3) is 10.2 Å². The summed E-state index contributed by atoms with van der Waals surface area (Å²) in [5.41, 5.74) is 4.27. The molecular formula is C29H29N5O6S. The zero-order chi connectivity index (χ0) is 28.5. The summed E-state index contributed by atoms with van der Waals surface area (Å²) in [6.45, 7) is 2.79. The number of aryl methyl sites for hydroxylation is 1. The number of likely N-dealkylation sites (tertiary alicyclic amines) is 1. The minimum Gasteiger partial charge on any atom is -0.493 e. The summed E-state index contributed by atoms with van der Waals surface area (Å²) in [6, 6.07) is 10.8. The molecule has 2 aromatic heterocycles. The van der Waals surface area contributed by atoms with Gasteiger partial charge in [-0.1, -0.05) is 6.07 Å². The number of hydrogen-bond donors (Lipinski definition) is 1. The molecule has 1 fully saturated rings. The molecule has 2 aromatic carbocycles. The van der Waals surface area contributed by atoms with E-state index in [9.17, 15) is 14.4 Å². The molecule has 0 saturated carbocycles. The van der Waals surface area contributed by atoms with Crippen molar-refractivity contribution in [3.63, 3.8) is 0 Å². The first kappa shape index (κ1) is 26.8. The Kier molecular flexibility index (Phi) is 7.31. The lowest BCUT2D eigenvalue weighted by Crippen LogP contribution is -2.47. The van der Waals surface area contributed by atoms with E-state index in [2.05, 4.69) is 15.3 Å². The third kappa shape index (κ3) is 5.34. The molecule has 12 heteroatoms. The van der Waals surface area contributed by atoms with E-state index >= 15 is 0 Å². The number of hydrogen-bond acceptors (Lipinski definition) is 9. The summed E-state index contributed by atoms with van der Waals surface area (Å²) in [5, 5.41) is 3.11.